The van der Waals surface area contributed by atoms with Crippen molar-refractivity contribution in [2.24, 2.45) is 5.92 Å². The molecule has 0 spiro atoms. The topological polar surface area (TPSA) is 12.0 Å². The van der Waals surface area contributed by atoms with Crippen molar-refractivity contribution in [3.8, 4) is 0 Å². The molecule has 1 nitrogen and oxygen atoms in total. The van der Waals surface area contributed by atoms with Gasteiger partial charge in [0.2, 0.25) is 0 Å². The summed E-state index contributed by atoms with van der Waals surface area (Å²) < 4.78 is 0. The minimum Gasteiger partial charge on any atom is -0.317 e. The molecule has 0 saturated heterocycles. The van der Waals surface area contributed by atoms with Gasteiger partial charge in [-0.05, 0) is 49.9 Å². The number of fused-ring (bicyclic) bond motifs is 1. The molecule has 3 atom stereocenters. The summed E-state index contributed by atoms with van der Waals surface area (Å²) >= 11 is 12.1. The monoisotopic (exact) mass is 291 g/mol. The van der Waals surface area contributed by atoms with Crippen LogP contribution in [-0.2, 0) is 5.41 Å². The Bertz CT molecular complexity index is 435. The smallest absolute Gasteiger partial charge is 0.0595 e. The van der Waals surface area contributed by atoms with E-state index in [1.54, 1.807) is 0 Å². The number of nitrogens with one attached hydrogen (secondary N) is 1. The van der Waals surface area contributed by atoms with E-state index in [1.807, 2.05) is 6.07 Å². The van der Waals surface area contributed by atoms with Gasteiger partial charge in [0.15, 0.2) is 0 Å². The fourth-order valence-electron chi connectivity index (χ4n) is 3.30. The molecule has 2 saturated carbocycles. The van der Waals surface area contributed by atoms with Crippen LogP contribution in [0.1, 0.15) is 24.8 Å². The number of hydrogen-bond acceptors (Lipinski definition) is 1. The van der Waals surface area contributed by atoms with Crippen molar-refractivity contribution < 1.29 is 0 Å². The molecule has 94 valence electrons. The molecular formula is C13H16Cl3N. The molecule has 0 heterocycles. The van der Waals surface area contributed by atoms with E-state index in [-0.39, 0.29) is 12.4 Å². The molecule has 0 aromatic heterocycles. The van der Waals surface area contributed by atoms with Crippen molar-refractivity contribution in [1.82, 2.24) is 5.32 Å². The summed E-state index contributed by atoms with van der Waals surface area (Å²) in [4.78, 5) is 0. The number of benzene rings is 1. The molecule has 4 heteroatoms. The summed E-state index contributed by atoms with van der Waals surface area (Å²) in [5, 5.41) is 4.73. The first-order valence-electron chi connectivity index (χ1n) is 5.78. The second kappa shape index (κ2) is 4.62. The molecule has 17 heavy (non-hydrogen) atoms. The maximum Gasteiger partial charge on any atom is 0.0595 e. The highest BCUT2D eigenvalue weighted by atomic mass is 35.5. The number of rotatable bonds is 2. The molecule has 2 fully saturated rings. The van der Waals surface area contributed by atoms with E-state index >= 15 is 0 Å². The Morgan fingerprint density at radius 2 is 2.00 bits per heavy atom. The molecule has 2 aliphatic rings. The lowest BCUT2D eigenvalue weighted by atomic mass is 9.92. The molecule has 3 rings (SSSR count). The van der Waals surface area contributed by atoms with Crippen molar-refractivity contribution >= 4 is 35.6 Å². The molecule has 1 N–H and O–H groups in total. The third kappa shape index (κ3) is 2.08. The van der Waals surface area contributed by atoms with Gasteiger partial charge in [-0.15, -0.1) is 12.4 Å². The van der Waals surface area contributed by atoms with Gasteiger partial charge in [-0.25, -0.2) is 0 Å². The van der Waals surface area contributed by atoms with Crippen molar-refractivity contribution in [3.63, 3.8) is 0 Å². The van der Waals surface area contributed by atoms with E-state index in [9.17, 15) is 0 Å². The molecule has 0 aliphatic heterocycles. The normalized spacial score (nSPS) is 34.1. The third-order valence-corrected chi connectivity index (χ3v) is 5.05. The van der Waals surface area contributed by atoms with Crippen molar-refractivity contribution in [3.05, 3.63) is 33.8 Å². The Morgan fingerprint density at radius 3 is 2.59 bits per heavy atom. The lowest BCUT2D eigenvalue weighted by Crippen LogP contribution is -2.24. The number of hydrogen-bond donors (Lipinski definition) is 1. The molecule has 0 amide bonds. The highest BCUT2D eigenvalue weighted by Crippen LogP contribution is 2.64. The van der Waals surface area contributed by atoms with Crippen molar-refractivity contribution in [2.75, 3.05) is 7.05 Å². The van der Waals surface area contributed by atoms with Gasteiger partial charge in [-0.2, -0.15) is 0 Å². The van der Waals surface area contributed by atoms with Crippen LogP contribution >= 0.6 is 35.6 Å². The van der Waals surface area contributed by atoms with E-state index in [0.29, 0.717) is 21.5 Å². The Kier molecular flexibility index (Phi) is 3.66. The second-order valence-electron chi connectivity index (χ2n) is 5.11. The minimum absolute atomic E-state index is 0. The van der Waals surface area contributed by atoms with Gasteiger partial charge in [-0.3, -0.25) is 0 Å². The maximum atomic E-state index is 6.10. The molecular weight excluding hydrogens is 277 g/mol. The van der Waals surface area contributed by atoms with E-state index in [0.717, 1.165) is 5.92 Å². The van der Waals surface area contributed by atoms with E-state index in [1.165, 1.54) is 24.8 Å². The summed E-state index contributed by atoms with van der Waals surface area (Å²) in [6.45, 7) is 0. The van der Waals surface area contributed by atoms with Crippen LogP contribution in [-0.4, -0.2) is 13.1 Å². The van der Waals surface area contributed by atoms with Crippen LogP contribution in [0.5, 0.6) is 0 Å². The lowest BCUT2D eigenvalue weighted by Gasteiger charge is -2.17. The van der Waals surface area contributed by atoms with E-state index in [2.05, 4.69) is 24.5 Å². The van der Waals surface area contributed by atoms with Gasteiger partial charge in [0.25, 0.3) is 0 Å². The summed E-state index contributed by atoms with van der Waals surface area (Å²) in [5.74, 6) is 0.849. The fraction of sp³-hybridized carbons (Fsp3) is 0.538. The molecule has 3 unspecified atom stereocenters. The average Bonchev–Trinajstić information content (AvgIpc) is 2.86. The predicted molar refractivity (Wildman–Crippen MR) is 75.6 cm³/mol. The first-order chi connectivity index (χ1) is 7.65. The van der Waals surface area contributed by atoms with Gasteiger partial charge in [0.1, 0.15) is 0 Å². The minimum atomic E-state index is 0. The van der Waals surface area contributed by atoms with Crippen LogP contribution in [0.4, 0.5) is 0 Å². The predicted octanol–water partition coefficient (Wildman–Crippen LogP) is 4.05. The van der Waals surface area contributed by atoms with Crippen LogP contribution in [0.3, 0.4) is 0 Å². The molecule has 2 aliphatic carbocycles. The maximum absolute atomic E-state index is 6.10. The molecule has 1 aromatic rings. The first-order valence-corrected chi connectivity index (χ1v) is 6.54. The summed E-state index contributed by atoms with van der Waals surface area (Å²) in [6, 6.07) is 6.80. The zero-order chi connectivity index (χ0) is 11.3. The average molecular weight is 293 g/mol. The van der Waals surface area contributed by atoms with Gasteiger partial charge in [0, 0.05) is 11.5 Å². The summed E-state index contributed by atoms with van der Waals surface area (Å²) in [5.41, 5.74) is 1.78. The van der Waals surface area contributed by atoms with Gasteiger partial charge in [0.05, 0.1) is 10.0 Å². The quantitative estimate of drug-likeness (QED) is 0.867. The van der Waals surface area contributed by atoms with Gasteiger partial charge < -0.3 is 5.32 Å². The first kappa shape index (κ1) is 13.5. The van der Waals surface area contributed by atoms with Crippen LogP contribution in [0.2, 0.25) is 10.0 Å². The van der Waals surface area contributed by atoms with E-state index in [4.69, 9.17) is 23.2 Å². The van der Waals surface area contributed by atoms with Gasteiger partial charge in [-0.1, -0.05) is 29.3 Å². The summed E-state index contributed by atoms with van der Waals surface area (Å²) in [6.07, 6.45) is 3.87. The zero-order valence-corrected chi connectivity index (χ0v) is 12.0. The SMILES string of the molecule is CNC1CC2CC2(c2ccc(Cl)c(Cl)c2)C1.Cl. The second-order valence-corrected chi connectivity index (χ2v) is 5.93. The van der Waals surface area contributed by atoms with E-state index < -0.39 is 0 Å². The number of halogens is 3. The Labute approximate surface area is 118 Å². The van der Waals surface area contributed by atoms with Crippen LogP contribution in [0.25, 0.3) is 0 Å². The molecule has 0 bridgehead atoms. The lowest BCUT2D eigenvalue weighted by molar-refractivity contribution is 0.507. The summed E-state index contributed by atoms with van der Waals surface area (Å²) in [7, 11) is 2.05. The molecule has 1 aromatic carbocycles. The third-order valence-electron chi connectivity index (χ3n) is 4.31. The van der Waals surface area contributed by atoms with Crippen molar-refractivity contribution in [1.29, 1.82) is 0 Å². The standard InChI is InChI=1S/C13H15Cl2N.ClH/c1-16-10-4-9-6-13(9,7-10)8-2-3-11(14)12(15)5-8;/h2-3,5,9-10,16H,4,6-7H2,1H3;1H. The van der Waals surface area contributed by atoms with Crippen LogP contribution < -0.4 is 5.32 Å². The zero-order valence-electron chi connectivity index (χ0n) is 9.67. The fourth-order valence-corrected chi connectivity index (χ4v) is 3.60. The Hall–Kier alpha value is 0.0500. The highest BCUT2D eigenvalue weighted by Gasteiger charge is 2.60. The van der Waals surface area contributed by atoms with Crippen LogP contribution in [0, 0.1) is 5.92 Å². The highest BCUT2D eigenvalue weighted by molar-refractivity contribution is 6.42. The Morgan fingerprint density at radius 1 is 1.24 bits per heavy atom. The van der Waals surface area contributed by atoms with Crippen LogP contribution in [0.15, 0.2) is 18.2 Å². The molecule has 0 radical (unpaired) electrons. The van der Waals surface area contributed by atoms with Crippen molar-refractivity contribution in [2.45, 2.75) is 30.7 Å². The van der Waals surface area contributed by atoms with Gasteiger partial charge >= 0.3 is 0 Å². The largest absolute Gasteiger partial charge is 0.317 e. The Balaban J connectivity index is 0.00000108.